The number of hydrazone groups is 1. The summed E-state index contributed by atoms with van der Waals surface area (Å²) in [6.45, 7) is 8.66. The lowest BCUT2D eigenvalue weighted by Crippen LogP contribution is -2.58. The molecular weight excluding hydrogens is 428 g/mol. The van der Waals surface area contributed by atoms with E-state index in [1.807, 2.05) is 24.0 Å². The van der Waals surface area contributed by atoms with Gasteiger partial charge in [-0.15, -0.1) is 0 Å². The van der Waals surface area contributed by atoms with Crippen molar-refractivity contribution in [1.29, 1.82) is 0 Å². The van der Waals surface area contributed by atoms with E-state index in [2.05, 4.69) is 31.4 Å². The van der Waals surface area contributed by atoms with Gasteiger partial charge < -0.3 is 20.0 Å². The number of hydrogen-bond donors (Lipinski definition) is 1. The third-order valence-electron chi connectivity index (χ3n) is 7.18. The first-order chi connectivity index (χ1) is 15.6. The normalized spacial score (nSPS) is 24.8. The Morgan fingerprint density at radius 1 is 1.31 bits per heavy atom. The Morgan fingerprint density at radius 2 is 2.12 bits per heavy atom. The summed E-state index contributed by atoms with van der Waals surface area (Å²) < 4.78 is 5.15. The number of allylic oxidation sites excluding steroid dienone is 1. The molecule has 4 aliphatic rings. The fourth-order valence-electron chi connectivity index (χ4n) is 5.60. The highest BCUT2D eigenvalue weighted by Crippen LogP contribution is 2.47. The Bertz CT molecular complexity index is 921. The lowest BCUT2D eigenvalue weighted by atomic mass is 9.78. The number of ether oxygens (including phenoxy) is 1. The van der Waals surface area contributed by atoms with Crippen molar-refractivity contribution in [2.45, 2.75) is 32.2 Å². The molecule has 8 nitrogen and oxygen atoms in total. The van der Waals surface area contributed by atoms with Crippen LogP contribution in [0.25, 0.3) is 0 Å². The second-order valence-electron chi connectivity index (χ2n) is 9.26. The van der Waals surface area contributed by atoms with Gasteiger partial charge in [0.1, 0.15) is 5.82 Å². The SMILES string of the molecule is CCOC(=O)N1CC2(CC[C@@H](N3CCN(c4ncc(Cl)cc4C4=NNCC=C4)CC3)C2)C1. The van der Waals surface area contributed by atoms with Crippen LogP contribution in [0.4, 0.5) is 10.6 Å². The van der Waals surface area contributed by atoms with Crippen molar-refractivity contribution in [3.05, 3.63) is 35.0 Å². The molecule has 32 heavy (non-hydrogen) atoms. The van der Waals surface area contributed by atoms with Crippen LogP contribution in [0, 0.1) is 5.41 Å². The minimum Gasteiger partial charge on any atom is -0.450 e. The molecule has 1 aliphatic carbocycles. The standard InChI is InChI=1S/C23H31ClN6O2/c1-2-32-22(31)30-15-23(16-30)6-5-18(13-23)28-8-10-29(11-9-28)21-19(12-17(24)14-25-21)20-4-3-7-26-27-20/h3-4,12,14,18,26H,2,5-11,13,15-16H2,1H3/t18-/m1/s1. The van der Waals surface area contributed by atoms with Gasteiger partial charge in [-0.2, -0.15) is 5.10 Å². The molecule has 1 amide bonds. The number of hydrogen-bond acceptors (Lipinski definition) is 7. The Kier molecular flexibility index (Phi) is 5.99. The Balaban J connectivity index is 1.19. The monoisotopic (exact) mass is 458 g/mol. The molecule has 0 aromatic carbocycles. The van der Waals surface area contributed by atoms with E-state index < -0.39 is 0 Å². The van der Waals surface area contributed by atoms with Crippen LogP contribution in [0.1, 0.15) is 31.7 Å². The molecule has 5 rings (SSSR count). The van der Waals surface area contributed by atoms with E-state index in [0.29, 0.717) is 23.1 Å². The third-order valence-corrected chi connectivity index (χ3v) is 7.39. The van der Waals surface area contributed by atoms with Gasteiger partial charge in [-0.05, 0) is 38.3 Å². The lowest BCUT2D eigenvalue weighted by Gasteiger charge is -2.48. The molecule has 3 aliphatic heterocycles. The molecule has 1 aromatic heterocycles. The fraction of sp³-hybridized carbons (Fsp3) is 0.609. The molecule has 1 spiro atoms. The molecular formula is C23H31ClN6O2. The molecule has 4 heterocycles. The molecule has 1 atom stereocenters. The molecule has 172 valence electrons. The number of carbonyl (C=O) groups is 1. The van der Waals surface area contributed by atoms with E-state index in [0.717, 1.165) is 62.9 Å². The second kappa shape index (κ2) is 8.90. The van der Waals surface area contributed by atoms with Crippen molar-refractivity contribution in [2.75, 3.05) is 57.3 Å². The zero-order valence-electron chi connectivity index (χ0n) is 18.6. The Labute approximate surface area is 194 Å². The number of rotatable bonds is 4. The number of amides is 1. The summed E-state index contributed by atoms with van der Waals surface area (Å²) in [5.74, 6) is 0.952. The van der Waals surface area contributed by atoms with Crippen LogP contribution in [0.3, 0.4) is 0 Å². The summed E-state index contributed by atoms with van der Waals surface area (Å²) in [7, 11) is 0. The number of aromatic nitrogens is 1. The average molecular weight is 459 g/mol. The van der Waals surface area contributed by atoms with Gasteiger partial charge in [0.15, 0.2) is 0 Å². The molecule has 0 bridgehead atoms. The zero-order chi connectivity index (χ0) is 22.1. The van der Waals surface area contributed by atoms with Crippen molar-refractivity contribution >= 4 is 29.2 Å². The maximum atomic E-state index is 11.9. The molecule has 0 unspecified atom stereocenters. The number of halogens is 1. The van der Waals surface area contributed by atoms with Gasteiger partial charge in [-0.25, -0.2) is 9.78 Å². The predicted octanol–water partition coefficient (Wildman–Crippen LogP) is 2.73. The minimum absolute atomic E-state index is 0.158. The maximum absolute atomic E-state index is 11.9. The van der Waals surface area contributed by atoms with Gasteiger partial charge in [0, 0.05) is 62.5 Å². The van der Waals surface area contributed by atoms with E-state index in [1.54, 1.807) is 6.20 Å². The molecule has 1 N–H and O–H groups in total. The van der Waals surface area contributed by atoms with Gasteiger partial charge in [0.2, 0.25) is 0 Å². The van der Waals surface area contributed by atoms with Crippen LogP contribution in [0.5, 0.6) is 0 Å². The number of piperazine rings is 1. The topological polar surface area (TPSA) is 73.3 Å². The van der Waals surface area contributed by atoms with Crippen molar-refractivity contribution in [3.8, 4) is 0 Å². The smallest absolute Gasteiger partial charge is 0.409 e. The Hall–Kier alpha value is -2.32. The van der Waals surface area contributed by atoms with Gasteiger partial charge in [-0.1, -0.05) is 17.7 Å². The largest absolute Gasteiger partial charge is 0.450 e. The lowest BCUT2D eigenvalue weighted by molar-refractivity contribution is -0.00294. The number of carbonyl (C=O) groups excluding carboxylic acids is 1. The van der Waals surface area contributed by atoms with Crippen LogP contribution >= 0.6 is 11.6 Å². The van der Waals surface area contributed by atoms with Gasteiger partial charge in [0.05, 0.1) is 23.9 Å². The highest BCUT2D eigenvalue weighted by atomic mass is 35.5. The summed E-state index contributed by atoms with van der Waals surface area (Å²) >= 11 is 6.26. The molecule has 9 heteroatoms. The van der Waals surface area contributed by atoms with E-state index in [1.165, 1.54) is 19.3 Å². The highest BCUT2D eigenvalue weighted by molar-refractivity contribution is 6.31. The number of anilines is 1. The van der Waals surface area contributed by atoms with E-state index >= 15 is 0 Å². The summed E-state index contributed by atoms with van der Waals surface area (Å²) in [4.78, 5) is 23.4. The molecule has 1 aromatic rings. The summed E-state index contributed by atoms with van der Waals surface area (Å²) in [6.07, 6.45) is 9.25. The fourth-order valence-corrected chi connectivity index (χ4v) is 5.75. The average Bonchev–Trinajstić information content (AvgIpc) is 3.25. The van der Waals surface area contributed by atoms with Crippen LogP contribution < -0.4 is 10.3 Å². The van der Waals surface area contributed by atoms with E-state index in [4.69, 9.17) is 16.3 Å². The van der Waals surface area contributed by atoms with Gasteiger partial charge in [-0.3, -0.25) is 4.90 Å². The number of likely N-dealkylation sites (tertiary alicyclic amines) is 1. The first-order valence-electron chi connectivity index (χ1n) is 11.6. The van der Waals surface area contributed by atoms with Crippen molar-refractivity contribution < 1.29 is 9.53 Å². The second-order valence-corrected chi connectivity index (χ2v) is 9.70. The van der Waals surface area contributed by atoms with E-state index in [9.17, 15) is 4.79 Å². The number of nitrogens with zero attached hydrogens (tertiary/aromatic N) is 5. The first kappa shape index (κ1) is 21.5. The van der Waals surface area contributed by atoms with Crippen LogP contribution in [0.2, 0.25) is 5.02 Å². The van der Waals surface area contributed by atoms with Gasteiger partial charge in [0.25, 0.3) is 0 Å². The molecule has 1 saturated carbocycles. The molecule has 3 fully saturated rings. The zero-order valence-corrected chi connectivity index (χ0v) is 19.4. The predicted molar refractivity (Wildman–Crippen MR) is 125 cm³/mol. The number of nitrogens with one attached hydrogen (secondary N) is 1. The van der Waals surface area contributed by atoms with Crippen LogP contribution in [-0.2, 0) is 4.74 Å². The van der Waals surface area contributed by atoms with E-state index in [-0.39, 0.29) is 6.09 Å². The maximum Gasteiger partial charge on any atom is 0.409 e. The van der Waals surface area contributed by atoms with Crippen molar-refractivity contribution in [1.82, 2.24) is 20.2 Å². The summed E-state index contributed by atoms with van der Waals surface area (Å²) in [6, 6.07) is 2.56. The molecule has 2 saturated heterocycles. The van der Waals surface area contributed by atoms with Crippen LogP contribution in [0.15, 0.2) is 29.5 Å². The molecule has 0 radical (unpaired) electrons. The third kappa shape index (κ3) is 4.18. The van der Waals surface area contributed by atoms with Crippen molar-refractivity contribution in [3.63, 3.8) is 0 Å². The Morgan fingerprint density at radius 3 is 2.84 bits per heavy atom. The van der Waals surface area contributed by atoms with Crippen molar-refractivity contribution in [2.24, 2.45) is 10.5 Å². The minimum atomic E-state index is -0.158. The first-order valence-corrected chi connectivity index (χ1v) is 12.0. The summed E-state index contributed by atoms with van der Waals surface area (Å²) in [5, 5.41) is 5.07. The summed E-state index contributed by atoms with van der Waals surface area (Å²) in [5.41, 5.74) is 5.18. The van der Waals surface area contributed by atoms with Gasteiger partial charge >= 0.3 is 6.09 Å². The quantitative estimate of drug-likeness (QED) is 0.747. The number of pyridine rings is 1. The van der Waals surface area contributed by atoms with Crippen LogP contribution in [-0.4, -0.2) is 85.1 Å². The highest BCUT2D eigenvalue weighted by Gasteiger charge is 2.51.